The van der Waals surface area contributed by atoms with Crippen molar-refractivity contribution in [2.45, 2.75) is 6.42 Å². The molecule has 3 heteroatoms. The monoisotopic (exact) mass is 141 g/mol. The van der Waals surface area contributed by atoms with E-state index in [2.05, 4.69) is 13.2 Å². The van der Waals surface area contributed by atoms with Crippen molar-refractivity contribution in [3.8, 4) is 0 Å². The quantitative estimate of drug-likeness (QED) is 0.455. The molecule has 0 fully saturated rings. The van der Waals surface area contributed by atoms with Crippen molar-refractivity contribution in [3.05, 3.63) is 30.9 Å². The highest BCUT2D eigenvalue weighted by Crippen LogP contribution is 2.11. The lowest BCUT2D eigenvalue weighted by Crippen LogP contribution is -2.07. The highest BCUT2D eigenvalue weighted by atomic mass is 16.4. The number of hydrogen-bond acceptors (Lipinski definition) is 2. The van der Waals surface area contributed by atoms with E-state index >= 15 is 0 Å². The second-order valence-corrected chi connectivity index (χ2v) is 1.72. The van der Waals surface area contributed by atoms with Gasteiger partial charge in [0.05, 0.1) is 5.57 Å². The van der Waals surface area contributed by atoms with Crippen molar-refractivity contribution in [1.82, 2.24) is 0 Å². The van der Waals surface area contributed by atoms with Gasteiger partial charge in [-0.1, -0.05) is 12.7 Å². The molecule has 1 radical (unpaired) electrons. The summed E-state index contributed by atoms with van der Waals surface area (Å²) in [4.78, 5) is 10.1. The van der Waals surface area contributed by atoms with Crippen LogP contribution in [0.4, 0.5) is 0 Å². The number of rotatable bonds is 4. The Labute approximate surface area is 59.3 Å². The van der Waals surface area contributed by atoms with Crippen LogP contribution < -0.4 is 0 Å². The first-order chi connectivity index (χ1) is 4.59. The van der Waals surface area contributed by atoms with Crippen molar-refractivity contribution < 1.29 is 15.0 Å². The van der Waals surface area contributed by atoms with Gasteiger partial charge < -0.3 is 10.2 Å². The molecule has 0 spiro atoms. The van der Waals surface area contributed by atoms with Gasteiger partial charge in [0.2, 0.25) is 0 Å². The molecular formula is C7H9O3. The van der Waals surface area contributed by atoms with E-state index in [-0.39, 0.29) is 18.1 Å². The number of aliphatic carboxylic acids is 1. The van der Waals surface area contributed by atoms with E-state index < -0.39 is 5.97 Å². The predicted molar refractivity (Wildman–Crippen MR) is 36.8 cm³/mol. The molecule has 0 saturated carbocycles. The SMILES string of the molecule is C=CC[C](O)C(=C)C(=O)O. The summed E-state index contributed by atoms with van der Waals surface area (Å²) in [5.41, 5.74) is -0.278. The van der Waals surface area contributed by atoms with Crippen LogP contribution in [0.5, 0.6) is 0 Å². The molecule has 0 amide bonds. The van der Waals surface area contributed by atoms with Gasteiger partial charge in [-0.2, -0.15) is 0 Å². The topological polar surface area (TPSA) is 57.5 Å². The third kappa shape index (κ3) is 2.46. The molecule has 0 aromatic heterocycles. The van der Waals surface area contributed by atoms with Gasteiger partial charge in [-0.05, 0) is 0 Å². The standard InChI is InChI=1S/C7H9O3/c1-3-4-6(8)5(2)7(9)10/h3,8H,1-2,4H2,(H,9,10). The van der Waals surface area contributed by atoms with Gasteiger partial charge in [0, 0.05) is 6.42 Å². The maximum absolute atomic E-state index is 10.1. The summed E-state index contributed by atoms with van der Waals surface area (Å²) in [5, 5.41) is 17.1. The fourth-order valence-corrected chi connectivity index (χ4v) is 0.383. The molecule has 10 heavy (non-hydrogen) atoms. The Bertz CT molecular complexity index is 160. The largest absolute Gasteiger partial charge is 0.478 e. The molecule has 0 atom stereocenters. The zero-order valence-corrected chi connectivity index (χ0v) is 5.50. The first kappa shape index (κ1) is 8.91. The fourth-order valence-electron chi connectivity index (χ4n) is 0.383. The van der Waals surface area contributed by atoms with Gasteiger partial charge in [0.15, 0.2) is 0 Å². The molecule has 55 valence electrons. The van der Waals surface area contributed by atoms with E-state index in [0.29, 0.717) is 0 Å². The molecule has 0 aliphatic rings. The number of carboxylic acids is 1. The highest BCUT2D eigenvalue weighted by Gasteiger charge is 2.14. The van der Waals surface area contributed by atoms with Crippen molar-refractivity contribution in [2.24, 2.45) is 0 Å². The minimum atomic E-state index is -1.21. The molecule has 3 nitrogen and oxygen atoms in total. The molecule has 0 rings (SSSR count). The zero-order valence-electron chi connectivity index (χ0n) is 5.50. The molecule has 0 aromatic carbocycles. The van der Waals surface area contributed by atoms with Gasteiger partial charge in [0.1, 0.15) is 6.10 Å². The number of carbonyl (C=O) groups is 1. The van der Waals surface area contributed by atoms with E-state index in [0.717, 1.165) is 0 Å². The summed E-state index contributed by atoms with van der Waals surface area (Å²) in [7, 11) is 0. The molecular weight excluding hydrogens is 132 g/mol. The van der Waals surface area contributed by atoms with E-state index in [1.165, 1.54) is 6.08 Å². The van der Waals surface area contributed by atoms with Crippen LogP contribution in [0, 0.1) is 6.10 Å². The van der Waals surface area contributed by atoms with Gasteiger partial charge in [-0.3, -0.25) is 0 Å². The third-order valence-corrected chi connectivity index (χ3v) is 0.944. The van der Waals surface area contributed by atoms with Gasteiger partial charge in [-0.15, -0.1) is 6.58 Å². The van der Waals surface area contributed by atoms with Crippen LogP contribution in [-0.2, 0) is 4.79 Å². The summed E-state index contributed by atoms with van der Waals surface area (Å²) < 4.78 is 0. The molecule has 0 heterocycles. The van der Waals surface area contributed by atoms with E-state index in [1.54, 1.807) is 0 Å². The normalized spacial score (nSPS) is 9.40. The molecule has 0 bridgehead atoms. The summed E-state index contributed by atoms with van der Waals surface area (Å²) in [5.74, 6) is -1.21. The zero-order chi connectivity index (χ0) is 8.15. The lowest BCUT2D eigenvalue weighted by Gasteiger charge is -2.03. The van der Waals surface area contributed by atoms with Crippen molar-refractivity contribution in [3.63, 3.8) is 0 Å². The second-order valence-electron chi connectivity index (χ2n) is 1.72. The van der Waals surface area contributed by atoms with Crippen molar-refractivity contribution >= 4 is 5.97 Å². The lowest BCUT2D eigenvalue weighted by molar-refractivity contribution is -0.132. The van der Waals surface area contributed by atoms with E-state index in [9.17, 15) is 4.79 Å². The van der Waals surface area contributed by atoms with Crippen LogP contribution in [0.2, 0.25) is 0 Å². The number of hydrogen-bond donors (Lipinski definition) is 2. The number of aliphatic hydroxyl groups is 1. The summed E-state index contributed by atoms with van der Waals surface area (Å²) in [6.45, 7) is 6.47. The molecule has 0 aromatic rings. The van der Waals surface area contributed by atoms with Crippen LogP contribution in [0.1, 0.15) is 6.42 Å². The average Bonchev–Trinajstić information content (AvgIpc) is 1.87. The Balaban J connectivity index is 3.94. The summed E-state index contributed by atoms with van der Waals surface area (Å²) in [6, 6.07) is 0. The highest BCUT2D eigenvalue weighted by molar-refractivity contribution is 5.89. The Morgan fingerprint density at radius 1 is 1.50 bits per heavy atom. The maximum Gasteiger partial charge on any atom is 0.334 e. The van der Waals surface area contributed by atoms with E-state index in [1.807, 2.05) is 0 Å². The predicted octanol–water partition coefficient (Wildman–Crippen LogP) is 1.11. The van der Waals surface area contributed by atoms with Crippen LogP contribution in [-0.4, -0.2) is 16.2 Å². The minimum Gasteiger partial charge on any atom is -0.478 e. The maximum atomic E-state index is 10.1. The van der Waals surface area contributed by atoms with Crippen LogP contribution >= 0.6 is 0 Å². The Morgan fingerprint density at radius 2 is 2.00 bits per heavy atom. The van der Waals surface area contributed by atoms with Gasteiger partial charge in [-0.25, -0.2) is 4.79 Å². The molecule has 0 aliphatic heterocycles. The Hall–Kier alpha value is -1.09. The van der Waals surface area contributed by atoms with E-state index in [4.69, 9.17) is 10.2 Å². The van der Waals surface area contributed by atoms with Crippen molar-refractivity contribution in [2.75, 3.05) is 0 Å². The minimum absolute atomic E-state index is 0.144. The smallest absolute Gasteiger partial charge is 0.334 e. The van der Waals surface area contributed by atoms with Crippen LogP contribution in [0.3, 0.4) is 0 Å². The number of aliphatic hydroxyl groups excluding tert-OH is 1. The average molecular weight is 141 g/mol. The second kappa shape index (κ2) is 3.85. The third-order valence-electron chi connectivity index (χ3n) is 0.944. The lowest BCUT2D eigenvalue weighted by atomic mass is 10.1. The molecule has 0 unspecified atom stereocenters. The summed E-state index contributed by atoms with van der Waals surface area (Å²) in [6.07, 6.45) is 1.30. The first-order valence-electron chi connectivity index (χ1n) is 2.67. The fraction of sp³-hybridized carbons (Fsp3) is 0.143. The molecule has 0 aliphatic carbocycles. The number of carboxylic acid groups (broad SMARTS) is 1. The molecule has 0 saturated heterocycles. The van der Waals surface area contributed by atoms with Gasteiger partial charge in [0.25, 0.3) is 0 Å². The Kier molecular flexibility index (Phi) is 3.43. The summed E-state index contributed by atoms with van der Waals surface area (Å²) >= 11 is 0. The van der Waals surface area contributed by atoms with Crippen LogP contribution in [0.25, 0.3) is 0 Å². The first-order valence-corrected chi connectivity index (χ1v) is 2.67. The Morgan fingerprint density at radius 3 is 2.30 bits per heavy atom. The van der Waals surface area contributed by atoms with Crippen LogP contribution in [0.15, 0.2) is 24.8 Å². The molecule has 2 N–H and O–H groups in total. The van der Waals surface area contributed by atoms with Gasteiger partial charge >= 0.3 is 5.97 Å². The van der Waals surface area contributed by atoms with Crippen molar-refractivity contribution in [1.29, 1.82) is 0 Å².